The van der Waals surface area contributed by atoms with Crippen LogP contribution in [-0.2, 0) is 13.0 Å². The van der Waals surface area contributed by atoms with Crippen LogP contribution in [0.2, 0.25) is 0 Å². The number of hydrogen-bond acceptors (Lipinski definition) is 4. The molecule has 1 fully saturated rings. The Morgan fingerprint density at radius 2 is 2.05 bits per heavy atom. The van der Waals surface area contributed by atoms with Gasteiger partial charge in [-0.2, -0.15) is 0 Å². The van der Waals surface area contributed by atoms with Gasteiger partial charge in [0, 0.05) is 25.0 Å². The Hall–Kier alpha value is -0.610. The first kappa shape index (κ1) is 15.8. The molecular formula is C16H29N3S. The van der Waals surface area contributed by atoms with Gasteiger partial charge in [-0.3, -0.25) is 0 Å². The Morgan fingerprint density at radius 1 is 1.30 bits per heavy atom. The van der Waals surface area contributed by atoms with Crippen molar-refractivity contribution < 1.29 is 0 Å². The first-order chi connectivity index (χ1) is 9.74. The number of rotatable bonds is 7. The highest BCUT2D eigenvalue weighted by Gasteiger charge is 2.18. The smallest absolute Gasteiger partial charge is 0.185 e. The lowest BCUT2D eigenvalue weighted by atomic mass is 9.89. The zero-order valence-corrected chi connectivity index (χ0v) is 14.1. The van der Waals surface area contributed by atoms with Gasteiger partial charge in [0.15, 0.2) is 5.13 Å². The van der Waals surface area contributed by atoms with Crippen molar-refractivity contribution in [3.8, 4) is 0 Å². The van der Waals surface area contributed by atoms with Gasteiger partial charge in [0.05, 0.1) is 5.69 Å². The first-order valence-electron chi connectivity index (χ1n) is 8.09. The van der Waals surface area contributed by atoms with E-state index < -0.39 is 0 Å². The summed E-state index contributed by atoms with van der Waals surface area (Å²) in [6.07, 6.45) is 9.36. The number of hydrogen-bond donors (Lipinski definition) is 1. The van der Waals surface area contributed by atoms with E-state index in [1.165, 1.54) is 60.8 Å². The molecule has 1 aliphatic rings. The highest BCUT2D eigenvalue weighted by atomic mass is 32.1. The Balaban J connectivity index is 2.00. The average molecular weight is 295 g/mol. The van der Waals surface area contributed by atoms with Crippen LogP contribution in [0.25, 0.3) is 0 Å². The summed E-state index contributed by atoms with van der Waals surface area (Å²) in [5, 5.41) is 4.48. The molecule has 0 amide bonds. The lowest BCUT2D eigenvalue weighted by molar-refractivity contribution is 0.362. The number of aromatic nitrogens is 1. The summed E-state index contributed by atoms with van der Waals surface area (Å²) in [5.74, 6) is 0.875. The molecule has 0 aliphatic heterocycles. The predicted octanol–water partition coefficient (Wildman–Crippen LogP) is 3.83. The summed E-state index contributed by atoms with van der Waals surface area (Å²) in [6.45, 7) is 4.36. The molecule has 1 heterocycles. The number of aryl methyl sites for hydroxylation is 1. The van der Waals surface area contributed by atoms with Crippen LogP contribution in [-0.4, -0.2) is 25.6 Å². The molecule has 0 radical (unpaired) electrons. The Labute approximate surface area is 127 Å². The van der Waals surface area contributed by atoms with Gasteiger partial charge in [-0.1, -0.05) is 32.6 Å². The third kappa shape index (κ3) is 4.19. The van der Waals surface area contributed by atoms with Crippen LogP contribution >= 0.6 is 11.3 Å². The number of nitrogens with zero attached hydrogens (tertiary/aromatic N) is 2. The van der Waals surface area contributed by atoms with Crippen molar-refractivity contribution in [2.45, 2.75) is 58.4 Å². The van der Waals surface area contributed by atoms with Gasteiger partial charge < -0.3 is 10.2 Å². The summed E-state index contributed by atoms with van der Waals surface area (Å²) < 4.78 is 0. The maximum absolute atomic E-state index is 4.89. The molecule has 20 heavy (non-hydrogen) atoms. The molecule has 1 aromatic rings. The van der Waals surface area contributed by atoms with Crippen molar-refractivity contribution in [1.82, 2.24) is 10.3 Å². The fourth-order valence-corrected chi connectivity index (χ4v) is 4.19. The van der Waals surface area contributed by atoms with Gasteiger partial charge >= 0.3 is 0 Å². The minimum absolute atomic E-state index is 0.875. The molecule has 1 aliphatic carbocycles. The highest BCUT2D eigenvalue weighted by molar-refractivity contribution is 7.15. The van der Waals surface area contributed by atoms with Gasteiger partial charge in [-0.05, 0) is 32.2 Å². The van der Waals surface area contributed by atoms with E-state index in [-0.39, 0.29) is 0 Å². The molecule has 1 aromatic heterocycles. The van der Waals surface area contributed by atoms with Gasteiger partial charge in [0.2, 0.25) is 0 Å². The summed E-state index contributed by atoms with van der Waals surface area (Å²) in [7, 11) is 4.23. The molecule has 1 saturated carbocycles. The molecule has 0 aromatic carbocycles. The van der Waals surface area contributed by atoms with Crippen molar-refractivity contribution in [2.75, 3.05) is 25.5 Å². The van der Waals surface area contributed by atoms with Gasteiger partial charge in [0.25, 0.3) is 0 Å². The minimum Gasteiger partial charge on any atom is -0.351 e. The molecule has 0 atom stereocenters. The molecule has 4 heteroatoms. The van der Waals surface area contributed by atoms with Crippen molar-refractivity contribution >= 4 is 16.5 Å². The van der Waals surface area contributed by atoms with E-state index in [4.69, 9.17) is 4.98 Å². The van der Waals surface area contributed by atoms with E-state index in [2.05, 4.69) is 24.2 Å². The van der Waals surface area contributed by atoms with E-state index in [1.54, 1.807) is 0 Å². The summed E-state index contributed by atoms with van der Waals surface area (Å²) in [5.41, 5.74) is 1.30. The zero-order chi connectivity index (χ0) is 14.4. The topological polar surface area (TPSA) is 28.2 Å². The minimum atomic E-state index is 0.875. The maximum Gasteiger partial charge on any atom is 0.185 e. The van der Waals surface area contributed by atoms with Crippen LogP contribution < -0.4 is 10.2 Å². The Morgan fingerprint density at radius 3 is 2.70 bits per heavy atom. The molecule has 0 bridgehead atoms. The molecular weight excluding hydrogens is 266 g/mol. The molecule has 0 unspecified atom stereocenters. The van der Waals surface area contributed by atoms with E-state index in [1.807, 2.05) is 18.4 Å². The van der Waals surface area contributed by atoms with Crippen LogP contribution in [0.15, 0.2) is 0 Å². The second-order valence-electron chi connectivity index (χ2n) is 6.03. The lowest BCUT2D eigenvalue weighted by Crippen LogP contribution is -2.26. The van der Waals surface area contributed by atoms with E-state index >= 15 is 0 Å². The molecule has 0 spiro atoms. The zero-order valence-electron chi connectivity index (χ0n) is 13.2. The summed E-state index contributed by atoms with van der Waals surface area (Å²) in [4.78, 5) is 8.69. The monoisotopic (exact) mass is 295 g/mol. The third-order valence-electron chi connectivity index (χ3n) is 4.17. The van der Waals surface area contributed by atoms with Crippen molar-refractivity contribution in [3.63, 3.8) is 0 Å². The summed E-state index contributed by atoms with van der Waals surface area (Å²) >= 11 is 1.87. The standard InChI is InChI=1S/C16H29N3S/c1-4-8-14-15(11-17-2)20-16(18-14)19(3)12-13-9-6-5-7-10-13/h13,17H,4-12H2,1-3H3. The van der Waals surface area contributed by atoms with Crippen molar-refractivity contribution in [2.24, 2.45) is 5.92 Å². The van der Waals surface area contributed by atoms with Crippen molar-refractivity contribution in [3.05, 3.63) is 10.6 Å². The summed E-state index contributed by atoms with van der Waals surface area (Å²) in [6, 6.07) is 0. The molecule has 2 rings (SSSR count). The number of thiazole rings is 1. The molecule has 114 valence electrons. The van der Waals surface area contributed by atoms with Gasteiger partial charge in [0.1, 0.15) is 0 Å². The maximum atomic E-state index is 4.89. The van der Waals surface area contributed by atoms with E-state index in [0.717, 1.165) is 18.9 Å². The SMILES string of the molecule is CCCc1nc(N(C)CC2CCCCC2)sc1CNC. The van der Waals surface area contributed by atoms with Crippen LogP contribution in [0, 0.1) is 5.92 Å². The second kappa shape index (κ2) is 7.99. The third-order valence-corrected chi connectivity index (χ3v) is 5.39. The first-order valence-corrected chi connectivity index (χ1v) is 8.90. The quantitative estimate of drug-likeness (QED) is 0.828. The predicted molar refractivity (Wildman–Crippen MR) is 88.7 cm³/mol. The fraction of sp³-hybridized carbons (Fsp3) is 0.812. The van der Waals surface area contributed by atoms with Crippen LogP contribution in [0.3, 0.4) is 0 Å². The van der Waals surface area contributed by atoms with Crippen molar-refractivity contribution in [1.29, 1.82) is 0 Å². The average Bonchev–Trinajstić information content (AvgIpc) is 2.84. The lowest BCUT2D eigenvalue weighted by Gasteiger charge is -2.26. The second-order valence-corrected chi connectivity index (χ2v) is 7.09. The largest absolute Gasteiger partial charge is 0.351 e. The number of nitrogens with one attached hydrogen (secondary N) is 1. The highest BCUT2D eigenvalue weighted by Crippen LogP contribution is 2.30. The molecule has 1 N–H and O–H groups in total. The van der Waals surface area contributed by atoms with Crippen LogP contribution in [0.5, 0.6) is 0 Å². The fourth-order valence-electron chi connectivity index (χ4n) is 3.10. The number of anilines is 1. The Bertz CT molecular complexity index is 373. The van der Waals surface area contributed by atoms with Crippen LogP contribution in [0.1, 0.15) is 56.0 Å². The van der Waals surface area contributed by atoms with Gasteiger partial charge in [-0.25, -0.2) is 4.98 Å². The Kier molecular flexibility index (Phi) is 6.30. The van der Waals surface area contributed by atoms with Crippen LogP contribution in [0.4, 0.5) is 5.13 Å². The normalized spacial score (nSPS) is 16.6. The molecule has 0 saturated heterocycles. The van der Waals surface area contributed by atoms with E-state index in [9.17, 15) is 0 Å². The molecule has 3 nitrogen and oxygen atoms in total. The van der Waals surface area contributed by atoms with E-state index in [0.29, 0.717) is 0 Å². The van der Waals surface area contributed by atoms with Gasteiger partial charge in [-0.15, -0.1) is 11.3 Å².